The van der Waals surface area contributed by atoms with Crippen LogP contribution in [0.15, 0.2) is 41.8 Å². The lowest BCUT2D eigenvalue weighted by atomic mass is 9.93. The molecular weight excluding hydrogens is 482 g/mol. The second kappa shape index (κ2) is 9.13. The summed E-state index contributed by atoms with van der Waals surface area (Å²) >= 11 is 2.71. The van der Waals surface area contributed by atoms with Crippen molar-refractivity contribution >= 4 is 50.7 Å². The summed E-state index contributed by atoms with van der Waals surface area (Å²) in [4.78, 5) is 31.9. The minimum Gasteiger partial charge on any atom is -0.497 e. The van der Waals surface area contributed by atoms with Gasteiger partial charge in [-0.3, -0.25) is 10.1 Å². The molecule has 0 aliphatic carbocycles. The lowest BCUT2D eigenvalue weighted by Crippen LogP contribution is -2.27. The third-order valence-electron chi connectivity index (χ3n) is 5.16. The Kier molecular flexibility index (Phi) is 6.50. The molecule has 0 aliphatic heterocycles. The molecule has 1 amide bonds. The summed E-state index contributed by atoms with van der Waals surface area (Å²) in [5.41, 5.74) is 1.54. The Morgan fingerprint density at radius 1 is 1.03 bits per heavy atom. The zero-order chi connectivity index (χ0) is 25.5. The molecule has 4 rings (SSSR count). The number of nitrogens with one attached hydrogen (secondary N) is 1. The maximum absolute atomic E-state index is 13.2. The van der Waals surface area contributed by atoms with Gasteiger partial charge < -0.3 is 9.47 Å². The predicted octanol–water partition coefficient (Wildman–Crippen LogP) is 7.17. The smallest absolute Gasteiger partial charge is 0.419 e. The van der Waals surface area contributed by atoms with Crippen molar-refractivity contribution in [3.05, 3.63) is 52.3 Å². The number of thiophene rings is 1. The molecule has 0 atom stereocenters. The summed E-state index contributed by atoms with van der Waals surface area (Å²) in [6.45, 7) is 11.7. The van der Waals surface area contributed by atoms with Gasteiger partial charge in [0.05, 0.1) is 33.8 Å². The number of rotatable bonds is 4. The molecule has 4 aromatic rings. The van der Waals surface area contributed by atoms with E-state index in [1.54, 1.807) is 23.8 Å². The fourth-order valence-electron chi connectivity index (χ4n) is 3.44. The average Bonchev–Trinajstić information content (AvgIpc) is 3.48. The van der Waals surface area contributed by atoms with E-state index < -0.39 is 11.7 Å². The third-order valence-corrected chi connectivity index (χ3v) is 7.02. The number of amides is 1. The van der Waals surface area contributed by atoms with E-state index >= 15 is 0 Å². The van der Waals surface area contributed by atoms with Crippen molar-refractivity contribution < 1.29 is 19.1 Å². The van der Waals surface area contributed by atoms with Gasteiger partial charge in [0.15, 0.2) is 5.13 Å². The summed E-state index contributed by atoms with van der Waals surface area (Å²) in [6, 6.07) is 11.0. The van der Waals surface area contributed by atoms with Crippen LogP contribution in [0.1, 0.15) is 56.9 Å². The molecule has 0 bridgehead atoms. The second-order valence-electron chi connectivity index (χ2n) is 10.2. The van der Waals surface area contributed by atoms with Crippen LogP contribution < -0.4 is 10.1 Å². The molecule has 0 saturated heterocycles. The maximum atomic E-state index is 13.2. The molecule has 0 unspecified atom stereocenters. The van der Waals surface area contributed by atoms with Crippen LogP contribution >= 0.6 is 22.7 Å². The minimum absolute atomic E-state index is 0.0899. The van der Waals surface area contributed by atoms with Crippen LogP contribution in [-0.4, -0.2) is 34.3 Å². The van der Waals surface area contributed by atoms with Crippen LogP contribution in [0.25, 0.3) is 21.5 Å². The molecule has 3 heterocycles. The SMILES string of the molecule is COc1ccc2c(c1)cc(-c1ccc(C(=O)Nc3nc(C(C)(C)C)cs3)s1)n2C(=O)OC(C)(C)C. The number of methoxy groups -OCH3 is 1. The van der Waals surface area contributed by atoms with Gasteiger partial charge in [-0.15, -0.1) is 22.7 Å². The summed E-state index contributed by atoms with van der Waals surface area (Å²) in [5.74, 6) is 0.451. The first kappa shape index (κ1) is 24.9. The fourth-order valence-corrected chi connectivity index (χ4v) is 5.28. The summed E-state index contributed by atoms with van der Waals surface area (Å²) < 4.78 is 12.6. The highest BCUT2D eigenvalue weighted by atomic mass is 32.1. The highest BCUT2D eigenvalue weighted by Gasteiger charge is 2.25. The van der Waals surface area contributed by atoms with Crippen LogP contribution in [0.4, 0.5) is 9.93 Å². The minimum atomic E-state index is -0.655. The van der Waals surface area contributed by atoms with Gasteiger partial charge in [-0.05, 0) is 57.2 Å². The van der Waals surface area contributed by atoms with Crippen LogP contribution in [-0.2, 0) is 10.2 Å². The van der Waals surface area contributed by atoms with E-state index in [4.69, 9.17) is 9.47 Å². The lowest BCUT2D eigenvalue weighted by molar-refractivity contribution is 0.0547. The summed E-state index contributed by atoms with van der Waals surface area (Å²) in [6.07, 6.45) is -0.482. The van der Waals surface area contributed by atoms with Crippen molar-refractivity contribution in [2.75, 3.05) is 12.4 Å². The van der Waals surface area contributed by atoms with Crippen molar-refractivity contribution in [2.24, 2.45) is 0 Å². The molecule has 9 heteroatoms. The molecule has 0 spiro atoms. The number of carbonyl (C=O) groups is 2. The van der Waals surface area contributed by atoms with Crippen molar-refractivity contribution in [1.82, 2.24) is 9.55 Å². The topological polar surface area (TPSA) is 82.5 Å². The second-order valence-corrected chi connectivity index (χ2v) is 12.1. The van der Waals surface area contributed by atoms with Gasteiger partial charge in [0.1, 0.15) is 11.4 Å². The van der Waals surface area contributed by atoms with E-state index in [0.29, 0.717) is 27.0 Å². The standard InChI is InChI=1S/C26H29N3O4S2/c1-25(2,3)21-14-34-23(27-21)28-22(30)20-11-10-19(35-20)18-13-15-12-16(32-7)8-9-17(15)29(18)24(31)33-26(4,5)6/h8-14H,1-7H3,(H,27,28,30). The molecule has 0 saturated carbocycles. The van der Waals surface area contributed by atoms with E-state index in [2.05, 4.69) is 31.1 Å². The molecule has 0 aliphatic rings. The lowest BCUT2D eigenvalue weighted by Gasteiger charge is -2.20. The molecule has 3 aromatic heterocycles. The van der Waals surface area contributed by atoms with Gasteiger partial charge in [0, 0.05) is 16.2 Å². The first-order valence-corrected chi connectivity index (χ1v) is 12.9. The molecule has 1 N–H and O–H groups in total. The Morgan fingerprint density at radius 2 is 1.77 bits per heavy atom. The van der Waals surface area contributed by atoms with Crippen molar-refractivity contribution in [3.63, 3.8) is 0 Å². The van der Waals surface area contributed by atoms with E-state index in [0.717, 1.165) is 16.0 Å². The maximum Gasteiger partial charge on any atom is 0.419 e. The molecule has 184 valence electrons. The first-order chi connectivity index (χ1) is 16.4. The molecule has 1 aromatic carbocycles. The highest BCUT2D eigenvalue weighted by Crippen LogP contribution is 2.35. The summed E-state index contributed by atoms with van der Waals surface area (Å²) in [7, 11) is 1.60. The average molecular weight is 512 g/mol. The van der Waals surface area contributed by atoms with Crippen LogP contribution in [0.2, 0.25) is 0 Å². The monoisotopic (exact) mass is 511 g/mol. The van der Waals surface area contributed by atoms with Gasteiger partial charge in [-0.1, -0.05) is 20.8 Å². The number of nitrogens with zero attached hydrogens (tertiary/aromatic N) is 2. The summed E-state index contributed by atoms with van der Waals surface area (Å²) in [5, 5.41) is 6.25. The first-order valence-electron chi connectivity index (χ1n) is 11.2. The number of carbonyl (C=O) groups excluding carboxylic acids is 2. The number of fused-ring (bicyclic) bond motifs is 1. The molecular formula is C26H29N3O4S2. The van der Waals surface area contributed by atoms with E-state index in [1.165, 1.54) is 22.7 Å². The number of thiazole rings is 1. The van der Waals surface area contributed by atoms with Gasteiger partial charge in [0.2, 0.25) is 0 Å². The van der Waals surface area contributed by atoms with Gasteiger partial charge in [-0.25, -0.2) is 14.3 Å². The van der Waals surface area contributed by atoms with Crippen molar-refractivity contribution in [1.29, 1.82) is 0 Å². The zero-order valence-corrected chi connectivity index (χ0v) is 22.5. The van der Waals surface area contributed by atoms with E-state index in [-0.39, 0.29) is 11.3 Å². The normalized spacial score (nSPS) is 12.1. The highest BCUT2D eigenvalue weighted by molar-refractivity contribution is 7.17. The Labute approximate surface area is 212 Å². The molecule has 35 heavy (non-hydrogen) atoms. The zero-order valence-electron chi connectivity index (χ0n) is 20.9. The van der Waals surface area contributed by atoms with Gasteiger partial charge in [-0.2, -0.15) is 0 Å². The van der Waals surface area contributed by atoms with Crippen molar-refractivity contribution in [2.45, 2.75) is 52.6 Å². The molecule has 0 radical (unpaired) electrons. The fraction of sp³-hybridized carbons (Fsp3) is 0.346. The van der Waals surface area contributed by atoms with E-state index in [1.807, 2.05) is 50.4 Å². The van der Waals surface area contributed by atoms with Crippen LogP contribution in [0, 0.1) is 0 Å². The number of benzene rings is 1. The van der Waals surface area contributed by atoms with E-state index in [9.17, 15) is 9.59 Å². The van der Waals surface area contributed by atoms with Crippen molar-refractivity contribution in [3.8, 4) is 16.3 Å². The Morgan fingerprint density at radius 3 is 2.40 bits per heavy atom. The number of aromatic nitrogens is 2. The largest absolute Gasteiger partial charge is 0.497 e. The predicted molar refractivity (Wildman–Crippen MR) is 142 cm³/mol. The van der Waals surface area contributed by atoms with Gasteiger partial charge >= 0.3 is 6.09 Å². The number of hydrogen-bond acceptors (Lipinski definition) is 7. The number of hydrogen-bond donors (Lipinski definition) is 1. The Hall–Kier alpha value is -3.17. The molecule has 7 nitrogen and oxygen atoms in total. The van der Waals surface area contributed by atoms with Gasteiger partial charge in [0.25, 0.3) is 5.91 Å². The number of anilines is 1. The Bertz CT molecular complexity index is 1400. The Balaban J connectivity index is 1.68. The number of ether oxygens (including phenoxy) is 2. The van der Waals surface area contributed by atoms with Crippen LogP contribution in [0.3, 0.4) is 0 Å². The molecule has 0 fully saturated rings. The van der Waals surface area contributed by atoms with Crippen LogP contribution in [0.5, 0.6) is 5.75 Å². The quantitative estimate of drug-likeness (QED) is 0.314. The third kappa shape index (κ3) is 5.41.